The van der Waals surface area contributed by atoms with Gasteiger partial charge in [0, 0.05) is 12.4 Å². The van der Waals surface area contributed by atoms with Crippen LogP contribution in [0.3, 0.4) is 0 Å². The summed E-state index contributed by atoms with van der Waals surface area (Å²) in [4.78, 5) is 8.60. The van der Waals surface area contributed by atoms with Crippen LogP contribution < -0.4 is 5.32 Å². The Balaban J connectivity index is 2.09. The third kappa shape index (κ3) is 2.27. The van der Waals surface area contributed by atoms with Gasteiger partial charge in [0.2, 0.25) is 0 Å². The van der Waals surface area contributed by atoms with E-state index in [1.165, 1.54) is 0 Å². The predicted molar refractivity (Wildman–Crippen MR) is 76.8 cm³/mol. The number of nitrogens with one attached hydrogen (secondary N) is 1. The average Bonchev–Trinajstić information content (AvgIpc) is 2.86. The second kappa shape index (κ2) is 5.11. The van der Waals surface area contributed by atoms with Crippen LogP contribution in [0.25, 0.3) is 11.0 Å². The van der Waals surface area contributed by atoms with Crippen molar-refractivity contribution in [3.8, 4) is 0 Å². The van der Waals surface area contributed by atoms with Gasteiger partial charge in [0.25, 0.3) is 0 Å². The van der Waals surface area contributed by atoms with Gasteiger partial charge in [0.05, 0.1) is 27.8 Å². The smallest absolute Gasteiger partial charge is 0.139 e. The van der Waals surface area contributed by atoms with Gasteiger partial charge in [0.1, 0.15) is 5.76 Å². The Bertz CT molecular complexity index is 710. The maximum Gasteiger partial charge on any atom is 0.139 e. The average molecular weight is 318 g/mol. The highest BCUT2D eigenvalue weighted by Crippen LogP contribution is 2.30. The van der Waals surface area contributed by atoms with Gasteiger partial charge in [-0.15, -0.1) is 0 Å². The minimum absolute atomic E-state index is 0.0178. The van der Waals surface area contributed by atoms with Gasteiger partial charge in [-0.05, 0) is 46.7 Å². The molecule has 1 aromatic carbocycles. The van der Waals surface area contributed by atoms with Crippen LogP contribution in [0.1, 0.15) is 17.4 Å². The van der Waals surface area contributed by atoms with Crippen molar-refractivity contribution in [3.63, 3.8) is 0 Å². The Morgan fingerprint density at radius 2 is 1.95 bits per heavy atom. The summed E-state index contributed by atoms with van der Waals surface area (Å²) in [6.07, 6.45) is 5.06. The van der Waals surface area contributed by atoms with Gasteiger partial charge in [-0.2, -0.15) is 0 Å². The first kappa shape index (κ1) is 12.3. The lowest BCUT2D eigenvalue weighted by Gasteiger charge is -2.15. The second-order valence-corrected chi connectivity index (χ2v) is 5.01. The Morgan fingerprint density at radius 3 is 2.63 bits per heavy atom. The highest BCUT2D eigenvalue weighted by molar-refractivity contribution is 9.10. The van der Waals surface area contributed by atoms with E-state index in [4.69, 9.17) is 4.42 Å². The van der Waals surface area contributed by atoms with Crippen LogP contribution >= 0.6 is 15.9 Å². The molecule has 0 aliphatic rings. The van der Waals surface area contributed by atoms with E-state index >= 15 is 0 Å². The lowest BCUT2D eigenvalue weighted by Crippen LogP contribution is -2.17. The van der Waals surface area contributed by atoms with Crippen molar-refractivity contribution in [1.82, 2.24) is 15.3 Å². The number of benzene rings is 1. The van der Waals surface area contributed by atoms with Crippen LogP contribution in [0.4, 0.5) is 0 Å². The van der Waals surface area contributed by atoms with Crippen LogP contribution in [0.5, 0.6) is 0 Å². The molecule has 2 aromatic heterocycles. The van der Waals surface area contributed by atoms with E-state index in [9.17, 15) is 0 Å². The molecule has 0 aliphatic heterocycles. The monoisotopic (exact) mass is 317 g/mol. The Hall–Kier alpha value is -1.72. The van der Waals surface area contributed by atoms with Gasteiger partial charge in [-0.3, -0.25) is 9.97 Å². The van der Waals surface area contributed by atoms with E-state index in [0.717, 1.165) is 26.8 Å². The summed E-state index contributed by atoms with van der Waals surface area (Å²) in [7, 11) is 1.90. The Kier molecular flexibility index (Phi) is 3.31. The molecule has 0 spiro atoms. The lowest BCUT2D eigenvalue weighted by molar-refractivity contribution is 0.461. The van der Waals surface area contributed by atoms with Crippen molar-refractivity contribution in [2.75, 3.05) is 7.05 Å². The number of halogens is 1. The molecule has 0 fully saturated rings. The summed E-state index contributed by atoms with van der Waals surface area (Å²) in [6, 6.07) is 7.90. The van der Waals surface area contributed by atoms with E-state index < -0.39 is 0 Å². The lowest BCUT2D eigenvalue weighted by atomic mass is 10.0. The number of hydrogen-bond donors (Lipinski definition) is 1. The third-order valence-electron chi connectivity index (χ3n) is 3.02. The molecule has 0 radical (unpaired) electrons. The van der Waals surface area contributed by atoms with Crippen molar-refractivity contribution < 1.29 is 4.42 Å². The molecule has 0 amide bonds. The summed E-state index contributed by atoms with van der Waals surface area (Å²) < 4.78 is 6.49. The predicted octanol–water partition coefficient (Wildman–Crippen LogP) is 3.29. The number of aromatic nitrogens is 2. The first-order valence-electron chi connectivity index (χ1n) is 5.90. The largest absolute Gasteiger partial charge is 0.466 e. The molecular formula is C14H12BrN3O. The van der Waals surface area contributed by atoms with Gasteiger partial charge < -0.3 is 9.73 Å². The first-order valence-corrected chi connectivity index (χ1v) is 6.69. The highest BCUT2D eigenvalue weighted by Gasteiger charge is 2.18. The third-order valence-corrected chi connectivity index (χ3v) is 3.68. The Morgan fingerprint density at radius 1 is 1.16 bits per heavy atom. The zero-order valence-corrected chi connectivity index (χ0v) is 11.9. The molecule has 4 nitrogen and oxygen atoms in total. The van der Waals surface area contributed by atoms with Gasteiger partial charge in [0.15, 0.2) is 0 Å². The van der Waals surface area contributed by atoms with Crippen molar-refractivity contribution in [2.45, 2.75) is 6.04 Å². The zero-order valence-electron chi connectivity index (χ0n) is 10.3. The van der Waals surface area contributed by atoms with Crippen molar-refractivity contribution in [3.05, 3.63) is 58.7 Å². The number of rotatable bonds is 3. The molecule has 0 bridgehead atoms. The Labute approximate surface area is 119 Å². The summed E-state index contributed by atoms with van der Waals surface area (Å²) in [5.41, 5.74) is 2.86. The van der Waals surface area contributed by atoms with Crippen LogP contribution in [-0.4, -0.2) is 17.0 Å². The fraction of sp³-hybridized carbons (Fsp3) is 0.143. The van der Waals surface area contributed by atoms with Crippen LogP contribution in [0, 0.1) is 0 Å². The summed E-state index contributed by atoms with van der Waals surface area (Å²) in [6.45, 7) is 0. The molecule has 1 N–H and O–H groups in total. The topological polar surface area (TPSA) is 51.0 Å². The molecule has 3 rings (SSSR count). The molecule has 0 saturated carbocycles. The van der Waals surface area contributed by atoms with Gasteiger partial charge in [-0.25, -0.2) is 0 Å². The highest BCUT2D eigenvalue weighted by atomic mass is 79.9. The molecule has 3 aromatic rings. The zero-order chi connectivity index (χ0) is 13.2. The van der Waals surface area contributed by atoms with Crippen molar-refractivity contribution in [2.24, 2.45) is 0 Å². The molecule has 96 valence electrons. The molecule has 19 heavy (non-hydrogen) atoms. The molecule has 1 atom stereocenters. The number of hydrogen-bond acceptors (Lipinski definition) is 4. The molecular weight excluding hydrogens is 306 g/mol. The summed E-state index contributed by atoms with van der Waals surface area (Å²) >= 11 is 3.49. The second-order valence-electron chi connectivity index (χ2n) is 4.16. The molecule has 0 aliphatic carbocycles. The standard InChI is InChI=1S/C14H12BrN3O/c1-16-13(14-10(15)4-7-19-14)9-2-3-11-12(8-9)18-6-5-17-11/h2-8,13,16H,1H3. The SMILES string of the molecule is CNC(c1ccc2nccnc2c1)c1occc1Br. The fourth-order valence-electron chi connectivity index (χ4n) is 2.12. The van der Waals surface area contributed by atoms with Crippen LogP contribution in [-0.2, 0) is 0 Å². The van der Waals surface area contributed by atoms with E-state index in [-0.39, 0.29) is 6.04 Å². The van der Waals surface area contributed by atoms with Crippen LogP contribution in [0.15, 0.2) is 51.8 Å². The van der Waals surface area contributed by atoms with Gasteiger partial charge >= 0.3 is 0 Å². The first-order chi connectivity index (χ1) is 9.29. The molecule has 5 heteroatoms. The summed E-state index contributed by atoms with van der Waals surface area (Å²) in [5, 5.41) is 3.25. The van der Waals surface area contributed by atoms with Crippen LogP contribution in [0.2, 0.25) is 0 Å². The summed E-state index contributed by atoms with van der Waals surface area (Å²) in [5.74, 6) is 0.853. The quantitative estimate of drug-likeness (QED) is 0.805. The number of fused-ring (bicyclic) bond motifs is 1. The van der Waals surface area contributed by atoms with Crippen molar-refractivity contribution >= 4 is 27.0 Å². The fourth-order valence-corrected chi connectivity index (χ4v) is 2.55. The molecule has 1 unspecified atom stereocenters. The minimum atomic E-state index is -0.0178. The maximum absolute atomic E-state index is 5.54. The molecule has 0 saturated heterocycles. The number of furan rings is 1. The van der Waals surface area contributed by atoms with Crippen molar-refractivity contribution in [1.29, 1.82) is 0 Å². The van der Waals surface area contributed by atoms with E-state index in [2.05, 4.69) is 31.2 Å². The number of nitrogens with zero attached hydrogens (tertiary/aromatic N) is 2. The van der Waals surface area contributed by atoms with E-state index in [1.807, 2.05) is 31.3 Å². The maximum atomic E-state index is 5.54. The van der Waals surface area contributed by atoms with E-state index in [0.29, 0.717) is 0 Å². The minimum Gasteiger partial charge on any atom is -0.466 e. The van der Waals surface area contributed by atoms with E-state index in [1.54, 1.807) is 18.7 Å². The molecule has 2 heterocycles. The normalized spacial score (nSPS) is 12.7. The van der Waals surface area contributed by atoms with Gasteiger partial charge in [-0.1, -0.05) is 6.07 Å².